The van der Waals surface area contributed by atoms with Crippen LogP contribution in [0.25, 0.3) is 10.1 Å². The highest BCUT2D eigenvalue weighted by Gasteiger charge is 2.18. The minimum atomic E-state index is -0.752. The Morgan fingerprint density at radius 3 is 2.74 bits per heavy atom. The molecule has 0 saturated carbocycles. The molecule has 7 nitrogen and oxygen atoms in total. The van der Waals surface area contributed by atoms with Crippen LogP contribution in [-0.2, 0) is 9.53 Å². The van der Waals surface area contributed by atoms with Gasteiger partial charge in [0.1, 0.15) is 16.4 Å². The van der Waals surface area contributed by atoms with Crippen LogP contribution in [-0.4, -0.2) is 23.4 Å². The summed E-state index contributed by atoms with van der Waals surface area (Å²) in [5, 5.41) is 14.0. The van der Waals surface area contributed by atoms with Crippen LogP contribution >= 0.6 is 22.9 Å². The quantitative estimate of drug-likeness (QED) is 0.383. The summed E-state index contributed by atoms with van der Waals surface area (Å²) in [4.78, 5) is 34.5. The third-order valence-electron chi connectivity index (χ3n) is 3.44. The van der Waals surface area contributed by atoms with Crippen molar-refractivity contribution in [3.8, 4) is 0 Å². The fourth-order valence-corrected chi connectivity index (χ4v) is 3.37. The van der Waals surface area contributed by atoms with Gasteiger partial charge in [-0.05, 0) is 41.8 Å². The highest BCUT2D eigenvalue weighted by atomic mass is 35.5. The van der Waals surface area contributed by atoms with E-state index in [1.54, 1.807) is 6.07 Å². The fourth-order valence-electron chi connectivity index (χ4n) is 2.26. The largest absolute Gasteiger partial charge is 0.451 e. The average Bonchev–Trinajstić information content (AvgIpc) is 3.04. The van der Waals surface area contributed by atoms with Crippen molar-refractivity contribution >= 4 is 56.3 Å². The first-order valence-corrected chi connectivity index (χ1v) is 8.63. The maximum Gasteiger partial charge on any atom is 0.348 e. The average molecular weight is 409 g/mol. The fraction of sp³-hybridized carbons (Fsp3) is 0.0588. The van der Waals surface area contributed by atoms with E-state index >= 15 is 0 Å². The van der Waals surface area contributed by atoms with Crippen molar-refractivity contribution in [2.24, 2.45) is 0 Å². The van der Waals surface area contributed by atoms with Crippen molar-refractivity contribution in [3.63, 3.8) is 0 Å². The first kappa shape index (κ1) is 18.7. The van der Waals surface area contributed by atoms with Crippen LogP contribution in [0, 0.1) is 15.9 Å². The van der Waals surface area contributed by atoms with Crippen molar-refractivity contribution in [3.05, 3.63) is 68.3 Å². The number of hydrogen-bond donors (Lipinski definition) is 1. The number of thiophene rings is 1. The van der Waals surface area contributed by atoms with Gasteiger partial charge >= 0.3 is 5.97 Å². The molecule has 3 aromatic rings. The molecule has 0 radical (unpaired) electrons. The summed E-state index contributed by atoms with van der Waals surface area (Å²) in [6.45, 7) is -0.638. The monoisotopic (exact) mass is 408 g/mol. The van der Waals surface area contributed by atoms with Gasteiger partial charge in [0.05, 0.1) is 4.92 Å². The molecule has 3 rings (SSSR count). The van der Waals surface area contributed by atoms with E-state index in [9.17, 15) is 24.1 Å². The van der Waals surface area contributed by atoms with Gasteiger partial charge in [-0.3, -0.25) is 14.9 Å². The molecule has 0 aliphatic heterocycles. The van der Waals surface area contributed by atoms with Crippen LogP contribution in [0.15, 0.2) is 42.5 Å². The second-order valence-electron chi connectivity index (χ2n) is 5.34. The Bertz CT molecular complexity index is 1070. The summed E-state index contributed by atoms with van der Waals surface area (Å²) in [7, 11) is 0. The van der Waals surface area contributed by atoms with E-state index < -0.39 is 29.2 Å². The van der Waals surface area contributed by atoms with Gasteiger partial charge in [-0.15, -0.1) is 11.3 Å². The van der Waals surface area contributed by atoms with Gasteiger partial charge in [-0.25, -0.2) is 9.18 Å². The van der Waals surface area contributed by atoms with E-state index in [0.717, 1.165) is 17.4 Å². The minimum Gasteiger partial charge on any atom is -0.451 e. The number of benzene rings is 2. The Balaban J connectivity index is 1.65. The molecule has 2 aromatic carbocycles. The predicted octanol–water partition coefficient (Wildman–Crippen LogP) is 4.40. The van der Waals surface area contributed by atoms with Crippen LogP contribution in [0.4, 0.5) is 15.8 Å². The number of nitrogens with one attached hydrogen (secondary N) is 1. The maximum atomic E-state index is 13.2. The van der Waals surface area contributed by atoms with Crippen LogP contribution in [0.5, 0.6) is 0 Å². The van der Waals surface area contributed by atoms with E-state index in [2.05, 4.69) is 5.32 Å². The van der Waals surface area contributed by atoms with Crippen molar-refractivity contribution in [1.29, 1.82) is 0 Å². The second kappa shape index (κ2) is 7.68. The SMILES string of the molecule is O=C(COC(=O)c1cc2cc(F)ccc2s1)Nc1ccc(Cl)cc1[N+](=O)[O-]. The van der Waals surface area contributed by atoms with Gasteiger partial charge < -0.3 is 10.1 Å². The van der Waals surface area contributed by atoms with Gasteiger partial charge in [-0.1, -0.05) is 11.6 Å². The van der Waals surface area contributed by atoms with Gasteiger partial charge in [0.15, 0.2) is 6.61 Å². The summed E-state index contributed by atoms with van der Waals surface area (Å²) >= 11 is 6.80. The molecular formula is C17H10ClFN2O5S. The number of carbonyl (C=O) groups is 2. The number of anilines is 1. The Morgan fingerprint density at radius 1 is 1.22 bits per heavy atom. The molecule has 1 heterocycles. The molecule has 0 atom stereocenters. The number of carbonyl (C=O) groups excluding carboxylic acids is 2. The lowest BCUT2D eigenvalue weighted by Crippen LogP contribution is -2.21. The smallest absolute Gasteiger partial charge is 0.348 e. The molecular weight excluding hydrogens is 399 g/mol. The Kier molecular flexibility index (Phi) is 5.33. The van der Waals surface area contributed by atoms with Crippen molar-refractivity contribution in [2.45, 2.75) is 0 Å². The van der Waals surface area contributed by atoms with Crippen molar-refractivity contribution < 1.29 is 23.6 Å². The van der Waals surface area contributed by atoms with E-state index in [-0.39, 0.29) is 21.3 Å². The normalized spacial score (nSPS) is 10.6. The zero-order chi connectivity index (χ0) is 19.6. The number of nitro benzene ring substituents is 1. The highest BCUT2D eigenvalue weighted by Crippen LogP contribution is 2.28. The first-order valence-electron chi connectivity index (χ1n) is 7.43. The topological polar surface area (TPSA) is 98.5 Å². The van der Waals surface area contributed by atoms with E-state index in [1.807, 2.05) is 0 Å². The zero-order valence-corrected chi connectivity index (χ0v) is 15.0. The van der Waals surface area contributed by atoms with Crippen LogP contribution < -0.4 is 5.32 Å². The molecule has 1 aromatic heterocycles. The van der Waals surface area contributed by atoms with Crippen LogP contribution in [0.1, 0.15) is 9.67 Å². The molecule has 1 amide bonds. The number of halogens is 2. The van der Waals surface area contributed by atoms with Gasteiger partial charge in [0.25, 0.3) is 11.6 Å². The molecule has 0 unspecified atom stereocenters. The Morgan fingerprint density at radius 2 is 2.00 bits per heavy atom. The summed E-state index contributed by atoms with van der Waals surface area (Å²) in [6, 6.07) is 9.33. The second-order valence-corrected chi connectivity index (χ2v) is 6.86. The lowest BCUT2D eigenvalue weighted by molar-refractivity contribution is -0.383. The molecule has 1 N–H and O–H groups in total. The number of nitro groups is 1. The Labute approximate surface area is 160 Å². The van der Waals surface area contributed by atoms with Crippen LogP contribution in [0.2, 0.25) is 5.02 Å². The van der Waals surface area contributed by atoms with E-state index in [4.69, 9.17) is 16.3 Å². The molecule has 0 aliphatic rings. The number of nitrogens with zero attached hydrogens (tertiary/aromatic N) is 1. The highest BCUT2D eigenvalue weighted by molar-refractivity contribution is 7.20. The number of ether oxygens (including phenoxy) is 1. The van der Waals surface area contributed by atoms with Crippen molar-refractivity contribution in [1.82, 2.24) is 0 Å². The number of hydrogen-bond acceptors (Lipinski definition) is 6. The molecule has 0 bridgehead atoms. The molecule has 27 heavy (non-hydrogen) atoms. The Hall–Kier alpha value is -3.04. The number of fused-ring (bicyclic) bond motifs is 1. The molecule has 10 heteroatoms. The van der Waals surface area contributed by atoms with Gasteiger partial charge in [-0.2, -0.15) is 0 Å². The third-order valence-corrected chi connectivity index (χ3v) is 4.78. The molecule has 138 valence electrons. The number of esters is 1. The summed E-state index contributed by atoms with van der Waals surface area (Å²) in [5.41, 5.74) is -0.448. The number of amides is 1. The molecule has 0 spiro atoms. The van der Waals surface area contributed by atoms with Crippen molar-refractivity contribution in [2.75, 3.05) is 11.9 Å². The van der Waals surface area contributed by atoms with Gasteiger partial charge in [0.2, 0.25) is 0 Å². The standard InChI is InChI=1S/C17H10ClFN2O5S/c18-10-1-3-12(13(7-10)21(24)25)20-16(22)8-26-17(23)15-6-9-5-11(19)2-4-14(9)27-15/h1-7H,8H2,(H,20,22). The lowest BCUT2D eigenvalue weighted by Gasteiger charge is -2.06. The predicted molar refractivity (Wildman–Crippen MR) is 98.8 cm³/mol. The summed E-state index contributed by atoms with van der Waals surface area (Å²) in [6.07, 6.45) is 0. The molecule has 0 aliphatic carbocycles. The summed E-state index contributed by atoms with van der Waals surface area (Å²) in [5.74, 6) is -1.93. The molecule has 0 saturated heterocycles. The first-order chi connectivity index (χ1) is 12.8. The van der Waals surface area contributed by atoms with Gasteiger partial charge in [0, 0.05) is 15.8 Å². The van der Waals surface area contributed by atoms with Crippen LogP contribution in [0.3, 0.4) is 0 Å². The van der Waals surface area contributed by atoms with E-state index in [0.29, 0.717) is 10.1 Å². The zero-order valence-electron chi connectivity index (χ0n) is 13.4. The maximum absolute atomic E-state index is 13.2. The minimum absolute atomic E-state index is 0.0669. The summed E-state index contributed by atoms with van der Waals surface area (Å²) < 4.78 is 18.8. The number of rotatable bonds is 5. The third kappa shape index (κ3) is 4.39. The lowest BCUT2D eigenvalue weighted by atomic mass is 10.2. The van der Waals surface area contributed by atoms with E-state index in [1.165, 1.54) is 30.3 Å². The molecule has 0 fully saturated rings.